The standard InChI is InChI=1S/C11H13Br2Cl/c1-10(2,3)8-5-4-6-9(7-8)11(12,13)14/h4-7H,1-3H3. The summed E-state index contributed by atoms with van der Waals surface area (Å²) in [6.45, 7) is 6.56. The molecule has 0 spiro atoms. The molecule has 3 heteroatoms. The van der Waals surface area contributed by atoms with Crippen molar-refractivity contribution in [3.05, 3.63) is 35.4 Å². The molecule has 0 aliphatic carbocycles. The Morgan fingerprint density at radius 2 is 1.57 bits per heavy atom. The summed E-state index contributed by atoms with van der Waals surface area (Å²) in [6, 6.07) is 8.24. The highest BCUT2D eigenvalue weighted by Crippen LogP contribution is 2.43. The second-order valence-corrected chi connectivity index (χ2v) is 9.25. The Morgan fingerprint density at radius 1 is 1.07 bits per heavy atom. The van der Waals surface area contributed by atoms with E-state index in [4.69, 9.17) is 11.6 Å². The van der Waals surface area contributed by atoms with E-state index in [9.17, 15) is 0 Å². The van der Waals surface area contributed by atoms with Gasteiger partial charge in [-0.05, 0) is 48.4 Å². The minimum absolute atomic E-state index is 0.151. The lowest BCUT2D eigenvalue weighted by molar-refractivity contribution is 0.589. The Hall–Kier alpha value is 0.470. The van der Waals surface area contributed by atoms with Gasteiger partial charge in [-0.1, -0.05) is 56.6 Å². The molecule has 0 saturated carbocycles. The molecule has 0 bridgehead atoms. The zero-order valence-electron chi connectivity index (χ0n) is 8.44. The first-order valence-corrected chi connectivity index (χ1v) is 6.35. The van der Waals surface area contributed by atoms with Gasteiger partial charge in [0.05, 0.1) is 0 Å². The molecule has 0 aliphatic rings. The minimum atomic E-state index is -0.652. The molecule has 0 N–H and O–H groups in total. The first kappa shape index (κ1) is 12.5. The summed E-state index contributed by atoms with van der Waals surface area (Å²) in [6.07, 6.45) is 0. The molecule has 0 unspecified atom stereocenters. The van der Waals surface area contributed by atoms with Gasteiger partial charge in [0.15, 0.2) is 2.69 Å². The maximum absolute atomic E-state index is 6.11. The second-order valence-electron chi connectivity index (χ2n) is 4.33. The van der Waals surface area contributed by atoms with Crippen LogP contribution in [0.15, 0.2) is 24.3 Å². The quantitative estimate of drug-likeness (QED) is 0.622. The van der Waals surface area contributed by atoms with E-state index in [0.717, 1.165) is 5.56 Å². The Kier molecular flexibility index (Phi) is 3.72. The Bertz CT molecular complexity index is 292. The molecule has 1 aromatic rings. The SMILES string of the molecule is CC(C)(C)c1cccc(C(Cl)(Br)Br)c1. The van der Waals surface area contributed by atoms with E-state index in [0.29, 0.717) is 0 Å². The maximum atomic E-state index is 6.11. The van der Waals surface area contributed by atoms with E-state index < -0.39 is 2.69 Å². The number of alkyl halides is 3. The topological polar surface area (TPSA) is 0 Å². The van der Waals surface area contributed by atoms with Gasteiger partial charge in [0.2, 0.25) is 0 Å². The molecule has 0 aromatic heterocycles. The largest absolute Gasteiger partial charge is 0.178 e. The smallest absolute Gasteiger partial charge is 0.0886 e. The van der Waals surface area contributed by atoms with Crippen LogP contribution in [0.3, 0.4) is 0 Å². The lowest BCUT2D eigenvalue weighted by atomic mass is 9.86. The van der Waals surface area contributed by atoms with Crippen molar-refractivity contribution in [1.29, 1.82) is 0 Å². The van der Waals surface area contributed by atoms with Gasteiger partial charge in [-0.15, -0.1) is 0 Å². The van der Waals surface area contributed by atoms with Crippen molar-refractivity contribution in [2.24, 2.45) is 0 Å². The lowest BCUT2D eigenvalue weighted by Gasteiger charge is -2.21. The molecule has 14 heavy (non-hydrogen) atoms. The third kappa shape index (κ3) is 3.25. The second kappa shape index (κ2) is 4.15. The van der Waals surface area contributed by atoms with Crippen LogP contribution in [-0.4, -0.2) is 0 Å². The van der Waals surface area contributed by atoms with Crippen molar-refractivity contribution in [1.82, 2.24) is 0 Å². The lowest BCUT2D eigenvalue weighted by Crippen LogP contribution is -2.12. The molecule has 0 saturated heterocycles. The van der Waals surface area contributed by atoms with E-state index in [1.54, 1.807) is 0 Å². The zero-order chi connectivity index (χ0) is 11.0. The summed E-state index contributed by atoms with van der Waals surface area (Å²) >= 11 is 12.9. The predicted molar refractivity (Wildman–Crippen MR) is 70.5 cm³/mol. The average molecular weight is 340 g/mol. The Balaban J connectivity index is 3.15. The molecule has 0 heterocycles. The van der Waals surface area contributed by atoms with Gasteiger partial charge in [0.1, 0.15) is 0 Å². The van der Waals surface area contributed by atoms with Crippen molar-refractivity contribution in [3.8, 4) is 0 Å². The Labute approximate surface area is 107 Å². The molecular formula is C11H13Br2Cl. The van der Waals surface area contributed by atoms with Crippen LogP contribution in [0, 0.1) is 0 Å². The summed E-state index contributed by atoms with van der Waals surface area (Å²) in [5.74, 6) is 0. The molecule has 0 nitrogen and oxygen atoms in total. The molecule has 0 aliphatic heterocycles. The fraction of sp³-hybridized carbons (Fsp3) is 0.455. The molecule has 1 aromatic carbocycles. The summed E-state index contributed by atoms with van der Waals surface area (Å²) in [4.78, 5) is 0. The maximum Gasteiger partial charge on any atom is 0.178 e. The predicted octanol–water partition coefficient (Wildman–Crippen LogP) is 5.12. The molecule has 78 valence electrons. The third-order valence-corrected chi connectivity index (χ3v) is 3.19. The summed E-state index contributed by atoms with van der Waals surface area (Å²) in [5, 5.41) is 0. The van der Waals surface area contributed by atoms with Crippen LogP contribution in [0.1, 0.15) is 31.9 Å². The minimum Gasteiger partial charge on any atom is -0.0886 e. The van der Waals surface area contributed by atoms with Crippen molar-refractivity contribution >= 4 is 43.5 Å². The average Bonchev–Trinajstić information content (AvgIpc) is 2.01. The van der Waals surface area contributed by atoms with Gasteiger partial charge in [-0.2, -0.15) is 0 Å². The summed E-state index contributed by atoms with van der Waals surface area (Å²) in [7, 11) is 0. The van der Waals surface area contributed by atoms with Crippen LogP contribution in [0.2, 0.25) is 0 Å². The number of hydrogen-bond donors (Lipinski definition) is 0. The van der Waals surface area contributed by atoms with Crippen molar-refractivity contribution in [3.63, 3.8) is 0 Å². The van der Waals surface area contributed by atoms with E-state index in [1.807, 2.05) is 12.1 Å². The molecular weight excluding hydrogens is 327 g/mol. The van der Waals surface area contributed by atoms with Crippen LogP contribution in [0.4, 0.5) is 0 Å². The van der Waals surface area contributed by atoms with Gasteiger partial charge in [-0.25, -0.2) is 0 Å². The van der Waals surface area contributed by atoms with Crippen LogP contribution in [0.25, 0.3) is 0 Å². The van der Waals surface area contributed by atoms with Crippen molar-refractivity contribution < 1.29 is 0 Å². The first-order chi connectivity index (χ1) is 6.21. The van der Waals surface area contributed by atoms with Crippen LogP contribution >= 0.6 is 43.5 Å². The third-order valence-electron chi connectivity index (χ3n) is 2.06. The molecule has 0 radical (unpaired) electrons. The molecule has 0 amide bonds. The van der Waals surface area contributed by atoms with Crippen LogP contribution in [-0.2, 0) is 8.11 Å². The summed E-state index contributed by atoms with van der Waals surface area (Å²) < 4.78 is -0.652. The fourth-order valence-electron chi connectivity index (χ4n) is 1.16. The van der Waals surface area contributed by atoms with E-state index in [1.165, 1.54) is 5.56 Å². The van der Waals surface area contributed by atoms with Gasteiger partial charge < -0.3 is 0 Å². The highest BCUT2D eigenvalue weighted by Gasteiger charge is 2.23. The van der Waals surface area contributed by atoms with E-state index in [-0.39, 0.29) is 5.41 Å². The van der Waals surface area contributed by atoms with Crippen LogP contribution < -0.4 is 0 Å². The Morgan fingerprint density at radius 3 is 2.00 bits per heavy atom. The number of benzene rings is 1. The van der Waals surface area contributed by atoms with Gasteiger partial charge >= 0.3 is 0 Å². The van der Waals surface area contributed by atoms with Crippen molar-refractivity contribution in [2.75, 3.05) is 0 Å². The monoisotopic (exact) mass is 338 g/mol. The van der Waals surface area contributed by atoms with Gasteiger partial charge in [0.25, 0.3) is 0 Å². The number of hydrogen-bond acceptors (Lipinski definition) is 0. The molecule has 0 atom stereocenters. The zero-order valence-corrected chi connectivity index (χ0v) is 12.4. The first-order valence-electron chi connectivity index (χ1n) is 4.39. The number of rotatable bonds is 1. The summed E-state index contributed by atoms with van der Waals surface area (Å²) in [5.41, 5.74) is 2.45. The number of halogens is 3. The normalized spacial score (nSPS) is 13.0. The molecule has 0 fully saturated rings. The van der Waals surface area contributed by atoms with Gasteiger partial charge in [-0.3, -0.25) is 0 Å². The fourth-order valence-corrected chi connectivity index (χ4v) is 1.77. The highest BCUT2D eigenvalue weighted by atomic mass is 79.9. The highest BCUT2D eigenvalue weighted by molar-refractivity contribution is 9.25. The van der Waals surface area contributed by atoms with E-state index >= 15 is 0 Å². The van der Waals surface area contributed by atoms with Crippen LogP contribution in [0.5, 0.6) is 0 Å². The van der Waals surface area contributed by atoms with Crippen molar-refractivity contribution in [2.45, 2.75) is 28.9 Å². The molecule has 1 rings (SSSR count). The van der Waals surface area contributed by atoms with Gasteiger partial charge in [0, 0.05) is 0 Å². The van der Waals surface area contributed by atoms with E-state index in [2.05, 4.69) is 64.8 Å².